The molecule has 300 valence electrons. The first-order valence-corrected chi connectivity index (χ1v) is 20.1. The smallest absolute Gasteiger partial charge is 0.203 e. The Bertz CT molecular complexity index is 2980. The van der Waals surface area contributed by atoms with Crippen molar-refractivity contribution in [2.24, 2.45) is 0 Å². The highest BCUT2D eigenvalue weighted by Gasteiger charge is 2.19. The summed E-state index contributed by atoms with van der Waals surface area (Å²) in [6, 6.07) is 30.4. The summed E-state index contributed by atoms with van der Waals surface area (Å²) in [6.07, 6.45) is 5.50. The van der Waals surface area contributed by atoms with Crippen LogP contribution in [0.25, 0.3) is 27.8 Å². The van der Waals surface area contributed by atoms with Crippen LogP contribution in [0.2, 0.25) is 30.1 Å². The molecule has 0 amide bonds. The van der Waals surface area contributed by atoms with Crippen molar-refractivity contribution < 1.29 is 10.2 Å². The lowest BCUT2D eigenvalue weighted by atomic mass is 10.1. The fourth-order valence-electron chi connectivity index (χ4n) is 6.65. The van der Waals surface area contributed by atoms with E-state index in [1.54, 1.807) is 83.6 Å². The molecule has 0 spiro atoms. The number of terminal acetylenes is 1. The van der Waals surface area contributed by atoms with E-state index in [1.807, 2.05) is 48.7 Å². The quantitative estimate of drug-likeness (QED) is 0.102. The van der Waals surface area contributed by atoms with Gasteiger partial charge in [-0.05, 0) is 83.9 Å². The zero-order valence-corrected chi connectivity index (χ0v) is 35.3. The summed E-state index contributed by atoms with van der Waals surface area (Å²) in [7, 11) is 0. The van der Waals surface area contributed by atoms with Gasteiger partial charge in [-0.2, -0.15) is 0 Å². The van der Waals surface area contributed by atoms with Crippen molar-refractivity contribution in [3.63, 3.8) is 0 Å². The second kappa shape index (κ2) is 18.1. The number of fused-ring (bicyclic) bond motifs is 2. The minimum absolute atomic E-state index is 0.151. The summed E-state index contributed by atoms with van der Waals surface area (Å²) >= 11 is 36.4. The average Bonchev–Trinajstić information content (AvgIpc) is 3.87. The number of rotatable bonds is 10. The fourth-order valence-corrected chi connectivity index (χ4v) is 7.59. The number of benzene rings is 5. The van der Waals surface area contributed by atoms with E-state index >= 15 is 0 Å². The Balaban J connectivity index is 0.000000188. The average molecular weight is 909 g/mol. The van der Waals surface area contributed by atoms with E-state index in [9.17, 15) is 10.2 Å². The van der Waals surface area contributed by atoms with Crippen LogP contribution in [0.1, 0.15) is 29.0 Å². The Morgan fingerprint density at radius 3 is 1.61 bits per heavy atom. The van der Waals surface area contributed by atoms with Crippen molar-refractivity contribution in [1.29, 1.82) is 10.8 Å². The Hall–Kier alpha value is -5.00. The minimum Gasteiger partial charge on any atom is -0.387 e. The van der Waals surface area contributed by atoms with Crippen molar-refractivity contribution in [1.82, 2.24) is 33.3 Å². The van der Waals surface area contributed by atoms with E-state index in [-0.39, 0.29) is 30.9 Å². The zero-order valence-electron chi connectivity index (χ0n) is 30.7. The number of hydrogen-bond acceptors (Lipinski definition) is 6. The van der Waals surface area contributed by atoms with Crippen molar-refractivity contribution in [2.75, 3.05) is 0 Å². The molecule has 5 aromatic carbocycles. The predicted octanol–water partition coefficient (Wildman–Crippen LogP) is 9.49. The number of hydrogen-bond donors (Lipinski definition) is 4. The van der Waals surface area contributed by atoms with Gasteiger partial charge in [0, 0.05) is 10.0 Å². The molecule has 11 nitrogen and oxygen atoms in total. The third kappa shape index (κ3) is 9.11. The summed E-state index contributed by atoms with van der Waals surface area (Å²) in [5, 5.41) is 49.9. The number of aromatic nitrogens is 7. The molecular formula is C42H33Cl6N9O2. The lowest BCUT2D eigenvalue weighted by molar-refractivity contribution is 0.155. The number of nitrogens with zero attached hydrogens (tertiary/aromatic N) is 7. The van der Waals surface area contributed by atoms with Gasteiger partial charge >= 0.3 is 0 Å². The van der Waals surface area contributed by atoms with Gasteiger partial charge in [-0.3, -0.25) is 15.4 Å². The molecule has 8 aromatic rings. The predicted molar refractivity (Wildman–Crippen MR) is 234 cm³/mol. The van der Waals surface area contributed by atoms with Gasteiger partial charge in [0.25, 0.3) is 0 Å². The topological polar surface area (TPSA) is 139 Å². The van der Waals surface area contributed by atoms with Gasteiger partial charge in [-0.25, -0.2) is 4.68 Å². The number of aliphatic hydroxyl groups is 2. The number of imidazole rings is 2. The molecule has 0 aliphatic heterocycles. The second-order valence-corrected chi connectivity index (χ2v) is 15.9. The van der Waals surface area contributed by atoms with E-state index in [4.69, 9.17) is 86.8 Å². The van der Waals surface area contributed by atoms with Gasteiger partial charge in [-0.15, -0.1) is 11.5 Å². The molecular weight excluding hydrogens is 875 g/mol. The number of nitrogens with one attached hydrogen (secondary N) is 2. The van der Waals surface area contributed by atoms with Gasteiger partial charge in [0.2, 0.25) is 11.2 Å². The van der Waals surface area contributed by atoms with E-state index < -0.39 is 12.2 Å². The molecule has 0 bridgehead atoms. The summed E-state index contributed by atoms with van der Waals surface area (Å²) in [6.45, 7) is 0.884. The second-order valence-electron chi connectivity index (χ2n) is 13.4. The van der Waals surface area contributed by atoms with Crippen molar-refractivity contribution >= 4 is 91.7 Å². The van der Waals surface area contributed by atoms with Gasteiger partial charge in [0.05, 0.1) is 92.4 Å². The first-order chi connectivity index (χ1) is 28.3. The fraction of sp³-hybridized carbons (Fsp3) is 0.143. The first-order valence-electron chi connectivity index (χ1n) is 17.9. The van der Waals surface area contributed by atoms with E-state index in [0.717, 1.165) is 27.8 Å². The highest BCUT2D eigenvalue weighted by atomic mass is 35.5. The van der Waals surface area contributed by atoms with Crippen molar-refractivity contribution in [3.05, 3.63) is 168 Å². The molecule has 59 heavy (non-hydrogen) atoms. The van der Waals surface area contributed by atoms with Gasteiger partial charge in [0.15, 0.2) is 0 Å². The molecule has 8 rings (SSSR count). The molecule has 0 saturated carbocycles. The molecule has 17 heteroatoms. The maximum atomic E-state index is 10.9. The molecule has 0 saturated heterocycles. The Kier molecular flexibility index (Phi) is 12.9. The van der Waals surface area contributed by atoms with E-state index in [2.05, 4.69) is 16.2 Å². The maximum Gasteiger partial charge on any atom is 0.203 e. The van der Waals surface area contributed by atoms with E-state index in [1.165, 1.54) is 0 Å². The zero-order chi connectivity index (χ0) is 42.0. The number of para-hydroxylation sites is 1. The highest BCUT2D eigenvalue weighted by molar-refractivity contribution is 6.42. The van der Waals surface area contributed by atoms with Crippen LogP contribution in [-0.4, -0.2) is 43.5 Å². The molecule has 2 atom stereocenters. The van der Waals surface area contributed by atoms with Crippen LogP contribution in [0.3, 0.4) is 0 Å². The number of halogens is 6. The summed E-state index contributed by atoms with van der Waals surface area (Å²) in [4.78, 5) is 0. The Labute approximate surface area is 367 Å². The highest BCUT2D eigenvalue weighted by Crippen LogP contribution is 2.29. The SMILES string of the molecule is C#CCn1c(=N)n(CC(O)c2ccc(Cl)c(Cl)c2)c2ccc(Cl)cc21.N=c1n(Cc2cn(-c3ccccc3)nn2)c2cc(Cl)ccc2n1CC(O)c1ccc(Cl)c(Cl)c1. The van der Waals surface area contributed by atoms with Crippen molar-refractivity contribution in [2.45, 2.75) is 38.4 Å². The maximum absolute atomic E-state index is 10.9. The molecule has 0 radical (unpaired) electrons. The minimum atomic E-state index is -0.891. The lowest BCUT2D eigenvalue weighted by Gasteiger charge is -2.13. The molecule has 3 aromatic heterocycles. The summed E-state index contributed by atoms with van der Waals surface area (Å²) in [5.74, 6) is 2.54. The third-order valence-corrected chi connectivity index (χ3v) is 11.5. The van der Waals surface area contributed by atoms with E-state index in [0.29, 0.717) is 53.5 Å². The molecule has 4 N–H and O–H groups in total. The lowest BCUT2D eigenvalue weighted by Crippen LogP contribution is -2.27. The first kappa shape index (κ1) is 42.1. The molecule has 0 aliphatic carbocycles. The van der Waals surface area contributed by atoms with Gasteiger partial charge < -0.3 is 23.9 Å². The van der Waals surface area contributed by atoms with Crippen LogP contribution in [0, 0.1) is 23.2 Å². The Morgan fingerprint density at radius 2 is 1.10 bits per heavy atom. The van der Waals surface area contributed by atoms with Crippen LogP contribution >= 0.6 is 69.6 Å². The molecule has 0 aliphatic rings. The van der Waals surface area contributed by atoms with Gasteiger partial charge in [-0.1, -0.05) is 111 Å². The molecule has 2 unspecified atom stereocenters. The number of aliphatic hydroxyl groups excluding tert-OH is 2. The normalized spacial score (nSPS) is 12.3. The van der Waals surface area contributed by atoms with Crippen LogP contribution in [-0.2, 0) is 26.2 Å². The van der Waals surface area contributed by atoms with Gasteiger partial charge in [0.1, 0.15) is 5.69 Å². The van der Waals surface area contributed by atoms with Crippen molar-refractivity contribution in [3.8, 4) is 18.0 Å². The largest absolute Gasteiger partial charge is 0.387 e. The Morgan fingerprint density at radius 1 is 0.593 bits per heavy atom. The monoisotopic (exact) mass is 905 g/mol. The summed E-state index contributed by atoms with van der Waals surface area (Å²) in [5.41, 5.74) is 6.24. The molecule has 3 heterocycles. The van der Waals surface area contributed by atoms with Crippen LogP contribution in [0.5, 0.6) is 0 Å². The standard InChI is InChI=1S/C24H19Cl3N6O.C18H14Cl3N3O/c25-16-7-9-21-22(11-16)31(12-17-13-33(30-29-17)18-4-2-1-3-5-18)24(28)32(21)14-23(34)15-6-8-19(26)20(27)10-15;1-2-7-23-16-9-12(19)4-6-15(16)24(18(23)22)10-17(25)11-3-5-13(20)14(21)8-11/h1-11,13,23,28,34H,12,14H2;1,3-6,8-9,17,22,25H,7,10H2. The molecule has 0 fully saturated rings. The van der Waals surface area contributed by atoms with Crippen LogP contribution in [0.15, 0.2) is 109 Å². The summed E-state index contributed by atoms with van der Waals surface area (Å²) < 4.78 is 8.58. The van der Waals surface area contributed by atoms with Crippen LogP contribution < -0.4 is 11.2 Å². The van der Waals surface area contributed by atoms with Crippen LogP contribution in [0.4, 0.5) is 0 Å². The third-order valence-electron chi connectivity index (χ3n) is 9.56.